The number of nitrogens with zero attached hydrogens (tertiary/aromatic N) is 1. The maximum atomic E-state index is 8.00. The monoisotopic (exact) mass is 813 g/mol. The van der Waals surface area contributed by atoms with Gasteiger partial charge in [-0.25, -0.2) is 0 Å². The van der Waals surface area contributed by atoms with Gasteiger partial charge < -0.3 is 26.5 Å². The Balaban J connectivity index is -0.000000119. The molecule has 0 aliphatic rings. The van der Waals surface area contributed by atoms with Crippen molar-refractivity contribution in [3.8, 4) is 0 Å². The zero-order valence-corrected chi connectivity index (χ0v) is 41.7. The van der Waals surface area contributed by atoms with E-state index in [1.807, 2.05) is 6.79 Å². The Labute approximate surface area is 364 Å². The number of nitrogens with two attached hydrogens (primary N) is 2. The average molecular weight is 814 g/mol. The Hall–Kier alpha value is -1.17. The fourth-order valence-electron chi connectivity index (χ4n) is 5.59. The third-order valence-corrected chi connectivity index (χ3v) is 9.38. The highest BCUT2D eigenvalue weighted by atomic mass is 16.1. The number of hydrogen-bond donors (Lipinski definition) is 3. The van der Waals surface area contributed by atoms with Crippen LogP contribution in [0.1, 0.15) is 267 Å². The van der Waals surface area contributed by atoms with Gasteiger partial charge in [0.25, 0.3) is 0 Å². The van der Waals surface area contributed by atoms with E-state index in [2.05, 4.69) is 92.5 Å². The van der Waals surface area contributed by atoms with Gasteiger partial charge in [-0.2, -0.15) is 0 Å². The molecule has 0 aliphatic heterocycles. The van der Waals surface area contributed by atoms with Crippen LogP contribution < -0.4 is 16.8 Å². The van der Waals surface area contributed by atoms with E-state index in [4.69, 9.17) is 16.3 Å². The Kier molecular flexibility index (Phi) is 102. The van der Waals surface area contributed by atoms with Crippen LogP contribution in [-0.2, 0) is 4.79 Å². The molecule has 5 N–H and O–H groups in total. The van der Waals surface area contributed by atoms with Gasteiger partial charge in [0, 0.05) is 18.8 Å². The second kappa shape index (κ2) is 82.7. The van der Waals surface area contributed by atoms with Gasteiger partial charge >= 0.3 is 0 Å². The van der Waals surface area contributed by atoms with Crippen molar-refractivity contribution in [2.75, 3.05) is 40.3 Å². The molecule has 0 saturated heterocycles. The second-order valence-corrected chi connectivity index (χ2v) is 15.9. The second-order valence-electron chi connectivity index (χ2n) is 15.9. The van der Waals surface area contributed by atoms with Gasteiger partial charge in [0.2, 0.25) is 0 Å². The van der Waals surface area contributed by atoms with Crippen LogP contribution in [0.25, 0.3) is 0 Å². The predicted octanol–water partition coefficient (Wildman–Crippen LogP) is 16.5. The molecule has 0 aromatic carbocycles. The van der Waals surface area contributed by atoms with Crippen molar-refractivity contribution in [3.05, 3.63) is 25.4 Å². The van der Waals surface area contributed by atoms with Gasteiger partial charge in [0.1, 0.15) is 6.79 Å². The Morgan fingerprint density at radius 1 is 0.421 bits per heavy atom. The summed E-state index contributed by atoms with van der Waals surface area (Å²) in [5.41, 5.74) is 12.0. The van der Waals surface area contributed by atoms with Crippen molar-refractivity contribution in [2.24, 2.45) is 11.5 Å². The highest BCUT2D eigenvalue weighted by Gasteiger charge is 1.97. The lowest BCUT2D eigenvalue weighted by Gasteiger charge is -2.13. The van der Waals surface area contributed by atoms with Crippen LogP contribution in [0.15, 0.2) is 25.4 Å². The molecule has 5 nitrogen and oxygen atoms in total. The molecular weight excluding hydrogens is 697 g/mol. The molecule has 0 aliphatic carbocycles. The number of carbonyl (C=O) groups excluding carboxylic acids is 1. The number of unbranched alkanes of at least 4 members (excludes halogenated alkanes) is 28. The summed E-state index contributed by atoms with van der Waals surface area (Å²) in [6.07, 6.45) is 46.8. The summed E-state index contributed by atoms with van der Waals surface area (Å²) in [6.45, 7) is 31.4. The third kappa shape index (κ3) is 107. The van der Waals surface area contributed by atoms with Crippen LogP contribution in [0.5, 0.6) is 0 Å². The summed E-state index contributed by atoms with van der Waals surface area (Å²) in [4.78, 5) is 10.2. The SMILES string of the molecule is C=C.C=C(CCN(C)C)NCCCCCCCCCCCC.C=O.CCC.CCCC.CCCCCCCCCCCCN.CCCCCCCCCCCCN. The van der Waals surface area contributed by atoms with Crippen molar-refractivity contribution in [2.45, 2.75) is 267 Å². The Morgan fingerprint density at radius 2 is 0.649 bits per heavy atom. The molecule has 57 heavy (non-hydrogen) atoms. The van der Waals surface area contributed by atoms with E-state index < -0.39 is 0 Å². The lowest BCUT2D eigenvalue weighted by Crippen LogP contribution is -2.19. The summed E-state index contributed by atoms with van der Waals surface area (Å²) in [5.74, 6) is 0. The minimum atomic E-state index is 0.872. The highest BCUT2D eigenvalue weighted by Crippen LogP contribution is 2.12. The first-order valence-electron chi connectivity index (χ1n) is 25.1. The van der Waals surface area contributed by atoms with Crippen LogP contribution in [0.2, 0.25) is 0 Å². The van der Waals surface area contributed by atoms with E-state index in [9.17, 15) is 0 Å². The summed E-state index contributed by atoms with van der Waals surface area (Å²) in [7, 11) is 4.21. The summed E-state index contributed by atoms with van der Waals surface area (Å²) in [6, 6.07) is 0. The average Bonchev–Trinajstić information content (AvgIpc) is 3.23. The molecule has 0 aromatic heterocycles. The van der Waals surface area contributed by atoms with E-state index in [1.165, 1.54) is 218 Å². The maximum absolute atomic E-state index is 8.00. The molecule has 0 spiro atoms. The zero-order valence-electron chi connectivity index (χ0n) is 41.7. The minimum Gasteiger partial charge on any atom is -0.389 e. The third-order valence-electron chi connectivity index (χ3n) is 9.38. The van der Waals surface area contributed by atoms with E-state index in [-0.39, 0.29) is 0 Å². The maximum Gasteiger partial charge on any atom is 0.106 e. The minimum absolute atomic E-state index is 0.872. The van der Waals surface area contributed by atoms with Crippen molar-refractivity contribution >= 4 is 6.79 Å². The molecule has 5 heteroatoms. The van der Waals surface area contributed by atoms with E-state index in [0.717, 1.165) is 32.6 Å². The molecule has 0 amide bonds. The molecule has 0 fully saturated rings. The first-order valence-corrected chi connectivity index (χ1v) is 25.1. The molecule has 0 rings (SSSR count). The molecule has 0 bridgehead atoms. The Bertz CT molecular complexity index is 540. The standard InChI is InChI=1S/C18H38N2.2C12H27N.C4H10.C3H8.C2H4.CH2O/c1-5-6-7-8-9-10-11-12-13-14-16-19-18(2)15-17-20(3)4;2*1-2-3-4-5-6-7-8-9-10-11-12-13;1-3-4-2;1-3-2;2*1-2/h19H,2,5-17H2,1,3-4H3;2*2-13H2,1H3;3-4H2,1-2H3;3H2,1-2H3;1-2H2;1H2. The highest BCUT2D eigenvalue weighted by molar-refractivity contribution is 5.11. The molecule has 0 unspecified atom stereocenters. The number of hydrogen-bond acceptors (Lipinski definition) is 5. The molecule has 350 valence electrons. The molecule has 0 saturated carbocycles. The molecule has 0 atom stereocenters. The van der Waals surface area contributed by atoms with E-state index in [0.29, 0.717) is 0 Å². The number of nitrogens with one attached hydrogen (secondary N) is 1. The van der Waals surface area contributed by atoms with Crippen molar-refractivity contribution in [1.82, 2.24) is 10.2 Å². The lowest BCUT2D eigenvalue weighted by molar-refractivity contribution is -0.0980. The largest absolute Gasteiger partial charge is 0.389 e. The number of rotatable bonds is 36. The summed E-state index contributed by atoms with van der Waals surface area (Å²) in [5, 5.41) is 3.44. The van der Waals surface area contributed by atoms with E-state index >= 15 is 0 Å². The fraction of sp³-hybridized carbons (Fsp3) is 0.904. The molecule has 0 radical (unpaired) electrons. The van der Waals surface area contributed by atoms with Crippen LogP contribution >= 0.6 is 0 Å². The molecule has 0 heterocycles. The van der Waals surface area contributed by atoms with Gasteiger partial charge in [-0.1, -0.05) is 248 Å². The predicted molar refractivity (Wildman–Crippen MR) is 269 cm³/mol. The van der Waals surface area contributed by atoms with Gasteiger partial charge in [-0.3, -0.25) is 0 Å². The Morgan fingerprint density at radius 3 is 0.860 bits per heavy atom. The summed E-state index contributed by atoms with van der Waals surface area (Å²) < 4.78 is 0. The van der Waals surface area contributed by atoms with Crippen molar-refractivity contribution in [1.29, 1.82) is 0 Å². The van der Waals surface area contributed by atoms with Crippen LogP contribution in [-0.4, -0.2) is 52.0 Å². The quantitative estimate of drug-likeness (QED) is 0.0433. The lowest BCUT2D eigenvalue weighted by atomic mass is 10.1. The van der Waals surface area contributed by atoms with Crippen LogP contribution in [0.4, 0.5) is 0 Å². The molecule has 0 aromatic rings. The zero-order chi connectivity index (χ0) is 44.7. The fourth-order valence-corrected chi connectivity index (χ4v) is 5.59. The smallest absolute Gasteiger partial charge is 0.106 e. The van der Waals surface area contributed by atoms with Gasteiger partial charge in [-0.05, 0) is 52.9 Å². The molecular formula is C52H116N4O. The topological polar surface area (TPSA) is 84.4 Å². The van der Waals surface area contributed by atoms with Gasteiger partial charge in [-0.15, -0.1) is 13.2 Å². The summed E-state index contributed by atoms with van der Waals surface area (Å²) >= 11 is 0. The first-order chi connectivity index (χ1) is 27.8. The van der Waals surface area contributed by atoms with E-state index in [1.54, 1.807) is 0 Å². The van der Waals surface area contributed by atoms with Gasteiger partial charge in [0.15, 0.2) is 0 Å². The van der Waals surface area contributed by atoms with Crippen LogP contribution in [0.3, 0.4) is 0 Å². The normalized spacial score (nSPS) is 9.68. The van der Waals surface area contributed by atoms with Crippen molar-refractivity contribution < 1.29 is 4.79 Å². The van der Waals surface area contributed by atoms with Crippen molar-refractivity contribution in [3.63, 3.8) is 0 Å². The number of carbonyl (C=O) groups is 1. The van der Waals surface area contributed by atoms with Crippen LogP contribution in [0, 0.1) is 0 Å². The van der Waals surface area contributed by atoms with Gasteiger partial charge in [0.05, 0.1) is 0 Å². The first kappa shape index (κ1) is 70.4.